The first-order valence-corrected chi connectivity index (χ1v) is 11.3. The lowest BCUT2D eigenvalue weighted by Crippen LogP contribution is -2.44. The summed E-state index contributed by atoms with van der Waals surface area (Å²) in [5.74, 6) is -0.0723. The Morgan fingerprint density at radius 3 is 2.63 bits per heavy atom. The molecule has 0 spiro atoms. The first-order chi connectivity index (χ1) is 14.4. The molecule has 0 unspecified atom stereocenters. The van der Waals surface area contributed by atoms with E-state index in [9.17, 15) is 9.59 Å². The highest BCUT2D eigenvalue weighted by molar-refractivity contribution is 7.20. The van der Waals surface area contributed by atoms with Gasteiger partial charge in [0.25, 0.3) is 5.91 Å². The fraction of sp³-hybridized carbons (Fsp3) is 0.619. The van der Waals surface area contributed by atoms with Gasteiger partial charge in [-0.05, 0) is 44.3 Å². The molecular weight excluding hydrogens is 402 g/mol. The summed E-state index contributed by atoms with van der Waals surface area (Å²) in [4.78, 5) is 37.5. The van der Waals surface area contributed by atoms with Gasteiger partial charge in [0.15, 0.2) is 0 Å². The minimum absolute atomic E-state index is 0.0807. The highest BCUT2D eigenvalue weighted by atomic mass is 32.1. The lowest BCUT2D eigenvalue weighted by Gasteiger charge is -2.26. The summed E-state index contributed by atoms with van der Waals surface area (Å²) in [5, 5.41) is 7.10. The molecule has 164 valence electrons. The summed E-state index contributed by atoms with van der Waals surface area (Å²) in [6, 6.07) is -0.694. The van der Waals surface area contributed by atoms with Gasteiger partial charge in [-0.1, -0.05) is 20.3 Å². The van der Waals surface area contributed by atoms with Crippen LogP contribution in [0, 0.1) is 12.8 Å². The third-order valence-electron chi connectivity index (χ3n) is 5.51. The molecule has 0 saturated carbocycles. The van der Waals surface area contributed by atoms with Crippen molar-refractivity contribution in [2.45, 2.75) is 46.1 Å². The van der Waals surface area contributed by atoms with Crippen LogP contribution in [0.5, 0.6) is 0 Å². The second-order valence-electron chi connectivity index (χ2n) is 8.01. The van der Waals surface area contributed by atoms with E-state index < -0.39 is 12.0 Å². The highest BCUT2D eigenvalue weighted by Crippen LogP contribution is 2.33. The number of rotatable bonds is 8. The van der Waals surface area contributed by atoms with Crippen LogP contribution in [-0.4, -0.2) is 66.1 Å². The number of nitrogens with zero attached hydrogens (tertiary/aromatic N) is 3. The van der Waals surface area contributed by atoms with Crippen molar-refractivity contribution in [2.24, 2.45) is 5.92 Å². The first kappa shape index (κ1) is 22.4. The smallest absolute Gasteiger partial charge is 0.328 e. The minimum atomic E-state index is -0.694. The Hall–Kier alpha value is -2.26. The van der Waals surface area contributed by atoms with Crippen LogP contribution in [0.2, 0.25) is 0 Å². The average molecular weight is 434 g/mol. The number of fused-ring (bicyclic) bond motifs is 1. The van der Waals surface area contributed by atoms with Crippen LogP contribution in [0.4, 0.5) is 5.82 Å². The van der Waals surface area contributed by atoms with Crippen LogP contribution in [-0.2, 0) is 9.53 Å². The standard InChI is InChI=1S/C21H31N5O3S/c1-13(2)16(21(28)29-4)25-19(27)17-14(3)15-18(23-12-24-20(15)30-17)22-8-11-26-9-6-5-7-10-26/h12-13,16H,5-11H2,1-4H3,(H,25,27)(H,22,23,24)/t16-/m0/s1. The molecule has 1 saturated heterocycles. The molecule has 2 aromatic rings. The van der Waals surface area contributed by atoms with Crippen LogP contribution in [0.25, 0.3) is 10.2 Å². The van der Waals surface area contributed by atoms with Crippen LogP contribution in [0.1, 0.15) is 48.3 Å². The van der Waals surface area contributed by atoms with Gasteiger partial charge >= 0.3 is 5.97 Å². The number of aryl methyl sites for hydroxylation is 1. The number of hydrogen-bond acceptors (Lipinski definition) is 8. The van der Waals surface area contributed by atoms with Crippen LogP contribution >= 0.6 is 11.3 Å². The van der Waals surface area contributed by atoms with Crippen molar-refractivity contribution >= 4 is 39.2 Å². The van der Waals surface area contributed by atoms with Gasteiger partial charge in [-0.3, -0.25) is 4.79 Å². The molecular formula is C21H31N5O3S. The molecule has 30 heavy (non-hydrogen) atoms. The molecule has 1 atom stereocenters. The van der Waals surface area contributed by atoms with Crippen molar-refractivity contribution in [3.63, 3.8) is 0 Å². The number of esters is 1. The second kappa shape index (κ2) is 10.2. The molecule has 3 heterocycles. The van der Waals surface area contributed by atoms with Gasteiger partial charge in [0.1, 0.15) is 23.0 Å². The molecule has 0 aliphatic carbocycles. The van der Waals surface area contributed by atoms with E-state index in [1.807, 2.05) is 20.8 Å². The second-order valence-corrected chi connectivity index (χ2v) is 9.01. The Labute approximate surface area is 181 Å². The van der Waals surface area contributed by atoms with Crippen LogP contribution in [0.15, 0.2) is 6.33 Å². The quantitative estimate of drug-likeness (QED) is 0.618. The number of aromatic nitrogens is 2. The first-order valence-electron chi connectivity index (χ1n) is 10.5. The van der Waals surface area contributed by atoms with Gasteiger partial charge in [0, 0.05) is 13.1 Å². The van der Waals surface area contributed by atoms with Gasteiger partial charge in [-0.25, -0.2) is 14.8 Å². The SMILES string of the molecule is COC(=O)[C@@H](NC(=O)c1sc2ncnc(NCCN3CCCCC3)c2c1C)C(C)C. The number of thiophene rings is 1. The third kappa shape index (κ3) is 5.07. The molecule has 8 nitrogen and oxygen atoms in total. The average Bonchev–Trinajstić information content (AvgIpc) is 3.09. The van der Waals surface area contributed by atoms with E-state index in [0.29, 0.717) is 4.88 Å². The molecule has 0 bridgehead atoms. The summed E-state index contributed by atoms with van der Waals surface area (Å²) in [5.41, 5.74) is 0.820. The van der Waals surface area contributed by atoms with Crippen molar-refractivity contribution in [3.05, 3.63) is 16.8 Å². The number of carbonyl (C=O) groups excluding carboxylic acids is 2. The zero-order valence-electron chi connectivity index (χ0n) is 18.2. The number of carbonyl (C=O) groups is 2. The maximum absolute atomic E-state index is 12.9. The van der Waals surface area contributed by atoms with Crippen molar-refractivity contribution in [3.8, 4) is 0 Å². The van der Waals surface area contributed by atoms with E-state index in [1.165, 1.54) is 44.0 Å². The fourth-order valence-electron chi connectivity index (χ4n) is 3.77. The lowest BCUT2D eigenvalue weighted by molar-refractivity contribution is -0.144. The van der Waals surface area contributed by atoms with Crippen LogP contribution in [0.3, 0.4) is 0 Å². The maximum atomic E-state index is 12.9. The van der Waals surface area contributed by atoms with E-state index in [4.69, 9.17) is 4.74 Å². The van der Waals surface area contributed by atoms with E-state index in [0.717, 1.165) is 47.8 Å². The zero-order chi connectivity index (χ0) is 21.7. The van der Waals surface area contributed by atoms with Crippen molar-refractivity contribution in [1.29, 1.82) is 0 Å². The van der Waals surface area contributed by atoms with Gasteiger partial charge in [-0.2, -0.15) is 0 Å². The molecule has 1 aliphatic rings. The molecule has 9 heteroatoms. The van der Waals surface area contributed by atoms with Gasteiger partial charge in [0.2, 0.25) is 0 Å². The summed E-state index contributed by atoms with van der Waals surface area (Å²) in [6.07, 6.45) is 5.38. The number of likely N-dealkylation sites (tertiary alicyclic amines) is 1. The Morgan fingerprint density at radius 1 is 1.23 bits per heavy atom. The number of piperidine rings is 1. The van der Waals surface area contributed by atoms with E-state index in [-0.39, 0.29) is 11.8 Å². The normalized spacial score (nSPS) is 15.9. The molecule has 2 aromatic heterocycles. The molecule has 1 aliphatic heterocycles. The maximum Gasteiger partial charge on any atom is 0.328 e. The van der Waals surface area contributed by atoms with Crippen molar-refractivity contribution in [2.75, 3.05) is 38.6 Å². The highest BCUT2D eigenvalue weighted by Gasteiger charge is 2.27. The number of hydrogen-bond donors (Lipinski definition) is 2. The predicted octanol–water partition coefficient (Wildman–Crippen LogP) is 2.82. The summed E-state index contributed by atoms with van der Waals surface area (Å²) in [6.45, 7) is 9.71. The topological polar surface area (TPSA) is 96.4 Å². The van der Waals surface area contributed by atoms with E-state index >= 15 is 0 Å². The molecule has 0 radical (unpaired) electrons. The van der Waals surface area contributed by atoms with Gasteiger partial charge < -0.3 is 20.3 Å². The fourth-order valence-corrected chi connectivity index (χ4v) is 4.82. The summed E-state index contributed by atoms with van der Waals surface area (Å²) >= 11 is 1.32. The number of ether oxygens (including phenoxy) is 1. The Bertz CT molecular complexity index is 892. The molecule has 0 aromatic carbocycles. The third-order valence-corrected chi connectivity index (χ3v) is 6.71. The minimum Gasteiger partial charge on any atom is -0.467 e. The van der Waals surface area contributed by atoms with Gasteiger partial charge in [-0.15, -0.1) is 11.3 Å². The monoisotopic (exact) mass is 433 g/mol. The Morgan fingerprint density at radius 2 is 1.97 bits per heavy atom. The van der Waals surface area contributed by atoms with E-state index in [2.05, 4.69) is 25.5 Å². The molecule has 1 fully saturated rings. The molecule has 3 rings (SSSR count). The largest absolute Gasteiger partial charge is 0.467 e. The van der Waals surface area contributed by atoms with Gasteiger partial charge in [0.05, 0.1) is 17.4 Å². The molecule has 1 amide bonds. The van der Waals surface area contributed by atoms with Crippen LogP contribution < -0.4 is 10.6 Å². The van der Waals surface area contributed by atoms with Crippen molar-refractivity contribution < 1.29 is 14.3 Å². The number of methoxy groups -OCH3 is 1. The Kier molecular flexibility index (Phi) is 7.60. The van der Waals surface area contributed by atoms with Crippen molar-refractivity contribution in [1.82, 2.24) is 20.2 Å². The number of anilines is 1. The lowest BCUT2D eigenvalue weighted by atomic mass is 10.0. The Balaban J connectivity index is 1.75. The number of nitrogens with one attached hydrogen (secondary N) is 2. The zero-order valence-corrected chi connectivity index (χ0v) is 19.0. The molecule has 2 N–H and O–H groups in total. The number of amides is 1. The summed E-state index contributed by atoms with van der Waals surface area (Å²) in [7, 11) is 1.33. The summed E-state index contributed by atoms with van der Waals surface area (Å²) < 4.78 is 4.83. The predicted molar refractivity (Wildman–Crippen MR) is 119 cm³/mol. The van der Waals surface area contributed by atoms with E-state index in [1.54, 1.807) is 0 Å².